The van der Waals surface area contributed by atoms with Gasteiger partial charge in [0.2, 0.25) is 0 Å². The van der Waals surface area contributed by atoms with Crippen LogP contribution in [-0.4, -0.2) is 42.2 Å². The fourth-order valence-electron chi connectivity index (χ4n) is 3.39. The topological polar surface area (TPSA) is 49.8 Å². The standard InChI is InChI=1S/C17H21NO3/c1-21-16-7-5-12-4-6-15(9-14(12)10-16)18-8-2-3-13(11-18)17(19)20/h3,5,7,10,15H,2,4,6,8-9,11H2,1H3,(H,19,20). The molecule has 1 N–H and O–H groups in total. The third-order valence-electron chi connectivity index (χ3n) is 4.59. The Kier molecular flexibility index (Phi) is 3.97. The molecule has 2 aliphatic rings. The number of hydrogen-bond donors (Lipinski definition) is 1. The molecule has 112 valence electrons. The zero-order valence-electron chi connectivity index (χ0n) is 12.3. The molecule has 0 amide bonds. The lowest BCUT2D eigenvalue weighted by Gasteiger charge is -2.37. The number of rotatable bonds is 3. The van der Waals surface area contributed by atoms with Gasteiger partial charge in [0.15, 0.2) is 0 Å². The number of hydrogen-bond acceptors (Lipinski definition) is 3. The third-order valence-corrected chi connectivity index (χ3v) is 4.59. The Morgan fingerprint density at radius 1 is 1.38 bits per heavy atom. The second kappa shape index (κ2) is 5.90. The van der Waals surface area contributed by atoms with E-state index >= 15 is 0 Å². The quantitative estimate of drug-likeness (QED) is 0.926. The zero-order chi connectivity index (χ0) is 14.8. The lowest BCUT2D eigenvalue weighted by molar-refractivity contribution is -0.133. The van der Waals surface area contributed by atoms with Gasteiger partial charge in [0, 0.05) is 24.7 Å². The van der Waals surface area contributed by atoms with E-state index in [-0.39, 0.29) is 0 Å². The first-order valence-electron chi connectivity index (χ1n) is 7.49. The Balaban J connectivity index is 1.74. The van der Waals surface area contributed by atoms with Gasteiger partial charge < -0.3 is 9.84 Å². The summed E-state index contributed by atoms with van der Waals surface area (Å²) in [7, 11) is 1.69. The Hall–Kier alpha value is -1.81. The lowest BCUT2D eigenvalue weighted by Crippen LogP contribution is -2.43. The molecule has 1 heterocycles. The SMILES string of the molecule is COc1ccc2c(c1)CC(N1CCC=C(C(=O)O)C1)CC2. The van der Waals surface area contributed by atoms with E-state index in [0.717, 1.165) is 38.0 Å². The number of aryl methyl sites for hydroxylation is 1. The van der Waals surface area contributed by atoms with Crippen LogP contribution in [0, 0.1) is 0 Å². The molecule has 21 heavy (non-hydrogen) atoms. The Morgan fingerprint density at radius 3 is 3.00 bits per heavy atom. The highest BCUT2D eigenvalue weighted by molar-refractivity contribution is 5.87. The van der Waals surface area contributed by atoms with Crippen molar-refractivity contribution in [2.24, 2.45) is 0 Å². The number of nitrogens with zero attached hydrogens (tertiary/aromatic N) is 1. The molecule has 0 fully saturated rings. The average Bonchev–Trinajstić information content (AvgIpc) is 2.53. The summed E-state index contributed by atoms with van der Waals surface area (Å²) in [4.78, 5) is 13.5. The normalized spacial score (nSPS) is 22.3. The monoisotopic (exact) mass is 287 g/mol. The maximum absolute atomic E-state index is 11.2. The molecule has 0 bridgehead atoms. The van der Waals surface area contributed by atoms with Crippen LogP contribution in [0.5, 0.6) is 5.75 Å². The number of ether oxygens (including phenoxy) is 1. The molecule has 4 heteroatoms. The van der Waals surface area contributed by atoms with Gasteiger partial charge in [0.25, 0.3) is 0 Å². The number of methoxy groups -OCH3 is 1. The van der Waals surface area contributed by atoms with Crippen molar-refractivity contribution in [3.05, 3.63) is 41.0 Å². The van der Waals surface area contributed by atoms with Crippen LogP contribution in [0.2, 0.25) is 0 Å². The van der Waals surface area contributed by atoms with Gasteiger partial charge in [0.1, 0.15) is 5.75 Å². The molecular formula is C17H21NO3. The summed E-state index contributed by atoms with van der Waals surface area (Å²) in [6.07, 6.45) is 5.85. The van der Waals surface area contributed by atoms with Crippen molar-refractivity contribution in [2.75, 3.05) is 20.2 Å². The minimum Gasteiger partial charge on any atom is -0.497 e. The van der Waals surface area contributed by atoms with Crippen LogP contribution in [0.15, 0.2) is 29.8 Å². The lowest BCUT2D eigenvalue weighted by atomic mass is 9.86. The van der Waals surface area contributed by atoms with Crippen LogP contribution < -0.4 is 4.74 Å². The number of benzene rings is 1. The molecule has 0 saturated heterocycles. The molecule has 0 saturated carbocycles. The maximum atomic E-state index is 11.2. The van der Waals surface area contributed by atoms with Gasteiger partial charge in [-0.3, -0.25) is 4.90 Å². The van der Waals surface area contributed by atoms with Crippen LogP contribution in [0.4, 0.5) is 0 Å². The van der Waals surface area contributed by atoms with Crippen molar-refractivity contribution in [1.82, 2.24) is 4.90 Å². The Labute approximate surface area is 125 Å². The number of carbonyl (C=O) groups is 1. The highest BCUT2D eigenvalue weighted by Crippen LogP contribution is 2.29. The maximum Gasteiger partial charge on any atom is 0.332 e. The van der Waals surface area contributed by atoms with Gasteiger partial charge in [-0.2, -0.15) is 0 Å². The summed E-state index contributed by atoms with van der Waals surface area (Å²) < 4.78 is 5.31. The van der Waals surface area contributed by atoms with Crippen LogP contribution in [0.3, 0.4) is 0 Å². The van der Waals surface area contributed by atoms with E-state index in [1.165, 1.54) is 11.1 Å². The van der Waals surface area contributed by atoms with E-state index in [0.29, 0.717) is 18.2 Å². The number of aliphatic carboxylic acids is 1. The van der Waals surface area contributed by atoms with Gasteiger partial charge in [-0.1, -0.05) is 12.1 Å². The van der Waals surface area contributed by atoms with Gasteiger partial charge in [-0.05, 0) is 48.9 Å². The highest BCUT2D eigenvalue weighted by Gasteiger charge is 2.27. The molecule has 1 aliphatic carbocycles. The van der Waals surface area contributed by atoms with E-state index < -0.39 is 5.97 Å². The minimum atomic E-state index is -0.780. The summed E-state index contributed by atoms with van der Waals surface area (Å²) in [6, 6.07) is 6.74. The summed E-state index contributed by atoms with van der Waals surface area (Å²) in [5.74, 6) is 0.122. The molecular weight excluding hydrogens is 266 g/mol. The van der Waals surface area contributed by atoms with Gasteiger partial charge >= 0.3 is 5.97 Å². The molecule has 1 unspecified atom stereocenters. The molecule has 0 spiro atoms. The smallest absolute Gasteiger partial charge is 0.332 e. The van der Waals surface area contributed by atoms with Crippen molar-refractivity contribution < 1.29 is 14.6 Å². The summed E-state index contributed by atoms with van der Waals surface area (Å²) >= 11 is 0. The fraction of sp³-hybridized carbons (Fsp3) is 0.471. The van der Waals surface area contributed by atoms with Crippen molar-refractivity contribution in [3.63, 3.8) is 0 Å². The predicted molar refractivity (Wildman–Crippen MR) is 80.7 cm³/mol. The van der Waals surface area contributed by atoms with E-state index in [1.54, 1.807) is 7.11 Å². The van der Waals surface area contributed by atoms with Crippen LogP contribution in [0.1, 0.15) is 24.0 Å². The van der Waals surface area contributed by atoms with Crippen molar-refractivity contribution >= 4 is 5.97 Å². The van der Waals surface area contributed by atoms with Crippen LogP contribution in [-0.2, 0) is 17.6 Å². The van der Waals surface area contributed by atoms with Crippen LogP contribution in [0.25, 0.3) is 0 Å². The molecule has 1 atom stereocenters. The Morgan fingerprint density at radius 2 is 2.24 bits per heavy atom. The van der Waals surface area contributed by atoms with E-state index in [2.05, 4.69) is 17.0 Å². The predicted octanol–water partition coefficient (Wildman–Crippen LogP) is 2.27. The first-order valence-corrected chi connectivity index (χ1v) is 7.49. The summed E-state index contributed by atoms with van der Waals surface area (Å²) in [5.41, 5.74) is 3.28. The van der Waals surface area contributed by atoms with Gasteiger partial charge in [-0.25, -0.2) is 4.79 Å². The fourth-order valence-corrected chi connectivity index (χ4v) is 3.39. The Bertz CT molecular complexity index is 579. The average molecular weight is 287 g/mol. The molecule has 3 rings (SSSR count). The molecule has 0 aromatic heterocycles. The summed E-state index contributed by atoms with van der Waals surface area (Å²) in [5, 5.41) is 9.17. The van der Waals surface area contributed by atoms with Crippen LogP contribution >= 0.6 is 0 Å². The molecule has 0 radical (unpaired) electrons. The number of fused-ring (bicyclic) bond motifs is 1. The first kappa shape index (κ1) is 14.1. The van der Waals surface area contributed by atoms with Crippen molar-refractivity contribution in [2.45, 2.75) is 31.7 Å². The molecule has 1 aromatic carbocycles. The largest absolute Gasteiger partial charge is 0.497 e. The van der Waals surface area contributed by atoms with E-state index in [4.69, 9.17) is 9.84 Å². The molecule has 1 aromatic rings. The second-order valence-corrected chi connectivity index (χ2v) is 5.82. The highest BCUT2D eigenvalue weighted by atomic mass is 16.5. The van der Waals surface area contributed by atoms with Crippen molar-refractivity contribution in [3.8, 4) is 5.75 Å². The van der Waals surface area contributed by atoms with Gasteiger partial charge in [-0.15, -0.1) is 0 Å². The zero-order valence-corrected chi connectivity index (χ0v) is 12.3. The van der Waals surface area contributed by atoms with Crippen molar-refractivity contribution in [1.29, 1.82) is 0 Å². The van der Waals surface area contributed by atoms with Gasteiger partial charge in [0.05, 0.1) is 7.11 Å². The summed E-state index contributed by atoms with van der Waals surface area (Å²) in [6.45, 7) is 1.53. The second-order valence-electron chi connectivity index (χ2n) is 5.82. The first-order chi connectivity index (χ1) is 10.2. The van der Waals surface area contributed by atoms with E-state index in [1.807, 2.05) is 12.1 Å². The molecule has 4 nitrogen and oxygen atoms in total. The molecule has 1 aliphatic heterocycles. The third kappa shape index (κ3) is 2.95. The number of carboxylic acids is 1. The number of carboxylic acid groups (broad SMARTS) is 1. The minimum absolute atomic E-state index is 0.438. The van der Waals surface area contributed by atoms with E-state index in [9.17, 15) is 4.79 Å².